The van der Waals surface area contributed by atoms with Gasteiger partial charge in [0.1, 0.15) is 7.28 Å². The van der Waals surface area contributed by atoms with Crippen LogP contribution in [0.2, 0.25) is 6.82 Å². The average Bonchev–Trinajstić information content (AvgIpc) is 2.10. The first-order valence-electron chi connectivity index (χ1n) is 3.10. The molecule has 0 atom stereocenters. The van der Waals surface area contributed by atoms with Gasteiger partial charge in [-0.2, -0.15) is 0 Å². The Morgan fingerprint density at radius 1 is 1.44 bits per heavy atom. The van der Waals surface area contributed by atoms with Gasteiger partial charge in [0, 0.05) is 4.88 Å². The van der Waals surface area contributed by atoms with Gasteiger partial charge in [0.25, 0.3) is 0 Å². The van der Waals surface area contributed by atoms with Gasteiger partial charge >= 0.3 is 0 Å². The standard InChI is InChI=1S/C7H10BS/c1-5-4-7(8-3)6(2)9-5/h4H,1-3H3. The molecule has 1 aromatic rings. The normalized spacial score (nSPS) is 9.67. The van der Waals surface area contributed by atoms with Crippen LogP contribution >= 0.6 is 11.3 Å². The molecular formula is C7H10BS. The Bertz CT molecular complexity index is 203. The van der Waals surface area contributed by atoms with Crippen LogP contribution in [0.3, 0.4) is 0 Å². The number of rotatable bonds is 1. The van der Waals surface area contributed by atoms with Crippen LogP contribution in [0.25, 0.3) is 0 Å². The van der Waals surface area contributed by atoms with E-state index in [1.165, 1.54) is 15.2 Å². The van der Waals surface area contributed by atoms with Gasteiger partial charge in [-0.15, -0.1) is 11.3 Å². The lowest BCUT2D eigenvalue weighted by molar-refractivity contribution is 1.65. The van der Waals surface area contributed by atoms with Gasteiger partial charge in [0.2, 0.25) is 0 Å². The second-order valence-corrected chi connectivity index (χ2v) is 3.62. The molecule has 0 amide bonds. The van der Waals surface area contributed by atoms with Gasteiger partial charge in [-0.3, -0.25) is 0 Å². The fourth-order valence-electron chi connectivity index (χ4n) is 0.937. The lowest BCUT2D eigenvalue weighted by Crippen LogP contribution is -2.09. The van der Waals surface area contributed by atoms with Crippen LogP contribution < -0.4 is 5.46 Å². The van der Waals surface area contributed by atoms with Crippen LogP contribution in [0.5, 0.6) is 0 Å². The van der Waals surface area contributed by atoms with E-state index in [9.17, 15) is 0 Å². The summed E-state index contributed by atoms with van der Waals surface area (Å²) in [6.07, 6.45) is 0. The van der Waals surface area contributed by atoms with Crippen LogP contribution in [0.4, 0.5) is 0 Å². The molecule has 0 fully saturated rings. The third-order valence-electron chi connectivity index (χ3n) is 1.39. The van der Waals surface area contributed by atoms with E-state index in [4.69, 9.17) is 0 Å². The molecule has 9 heavy (non-hydrogen) atoms. The fourth-order valence-corrected chi connectivity index (χ4v) is 1.90. The van der Waals surface area contributed by atoms with E-state index in [0.717, 1.165) is 0 Å². The summed E-state index contributed by atoms with van der Waals surface area (Å²) in [4.78, 5) is 2.83. The minimum Gasteiger partial charge on any atom is -0.147 e. The summed E-state index contributed by atoms with van der Waals surface area (Å²) >= 11 is 1.86. The topological polar surface area (TPSA) is 0 Å². The predicted octanol–water partition coefficient (Wildman–Crippen LogP) is 1.74. The molecule has 0 saturated carbocycles. The summed E-state index contributed by atoms with van der Waals surface area (Å²) in [5.74, 6) is 0. The zero-order valence-corrected chi connectivity index (χ0v) is 6.88. The Labute approximate surface area is 61.2 Å². The lowest BCUT2D eigenvalue weighted by Gasteiger charge is -1.86. The van der Waals surface area contributed by atoms with Gasteiger partial charge in [0.15, 0.2) is 0 Å². The molecule has 0 unspecified atom stereocenters. The predicted molar refractivity (Wildman–Crippen MR) is 45.0 cm³/mol. The molecular weight excluding hydrogens is 127 g/mol. The summed E-state index contributed by atoms with van der Waals surface area (Å²) < 4.78 is 0. The van der Waals surface area contributed by atoms with Crippen LogP contribution in [0.1, 0.15) is 9.75 Å². The second-order valence-electron chi connectivity index (χ2n) is 2.16. The van der Waals surface area contributed by atoms with E-state index in [2.05, 4.69) is 34.0 Å². The van der Waals surface area contributed by atoms with E-state index in [1.54, 1.807) is 0 Å². The van der Waals surface area contributed by atoms with Gasteiger partial charge in [0.05, 0.1) is 0 Å². The van der Waals surface area contributed by atoms with Crippen LogP contribution in [-0.2, 0) is 0 Å². The molecule has 0 aliphatic heterocycles. The molecule has 1 heterocycles. The third kappa shape index (κ3) is 1.36. The van der Waals surface area contributed by atoms with Crippen molar-refractivity contribution >= 4 is 24.1 Å². The number of hydrogen-bond acceptors (Lipinski definition) is 1. The van der Waals surface area contributed by atoms with E-state index >= 15 is 0 Å². The molecule has 0 aliphatic carbocycles. The molecule has 0 nitrogen and oxygen atoms in total. The number of aryl methyl sites for hydroxylation is 2. The highest BCUT2D eigenvalue weighted by atomic mass is 32.1. The smallest absolute Gasteiger partial charge is 0.147 e. The Hall–Kier alpha value is -0.235. The van der Waals surface area contributed by atoms with Crippen LogP contribution in [-0.4, -0.2) is 7.28 Å². The molecule has 47 valence electrons. The van der Waals surface area contributed by atoms with Crippen molar-refractivity contribution in [2.75, 3.05) is 0 Å². The molecule has 1 radical (unpaired) electrons. The molecule has 1 rings (SSSR count). The highest BCUT2D eigenvalue weighted by Gasteiger charge is 1.98. The van der Waals surface area contributed by atoms with Gasteiger partial charge in [-0.1, -0.05) is 18.4 Å². The molecule has 0 N–H and O–H groups in total. The van der Waals surface area contributed by atoms with E-state index in [1.807, 2.05) is 11.3 Å². The van der Waals surface area contributed by atoms with Gasteiger partial charge < -0.3 is 0 Å². The summed E-state index contributed by atoms with van der Waals surface area (Å²) in [7, 11) is 2.15. The maximum Gasteiger partial charge on any atom is 0.149 e. The zero-order chi connectivity index (χ0) is 6.85. The first-order valence-corrected chi connectivity index (χ1v) is 3.92. The second kappa shape index (κ2) is 2.57. The molecule has 0 spiro atoms. The minimum atomic E-state index is 1.39. The van der Waals surface area contributed by atoms with Crippen molar-refractivity contribution in [3.63, 3.8) is 0 Å². The Balaban J connectivity index is 3.01. The molecule has 0 aromatic carbocycles. The molecule has 0 bridgehead atoms. The number of hydrogen-bond donors (Lipinski definition) is 0. The molecule has 0 saturated heterocycles. The fraction of sp³-hybridized carbons (Fsp3) is 0.429. The first-order chi connectivity index (χ1) is 4.24. The van der Waals surface area contributed by atoms with Crippen molar-refractivity contribution < 1.29 is 0 Å². The van der Waals surface area contributed by atoms with Crippen molar-refractivity contribution in [3.05, 3.63) is 15.8 Å². The molecule has 0 aliphatic rings. The quantitative estimate of drug-likeness (QED) is 0.517. The van der Waals surface area contributed by atoms with Crippen molar-refractivity contribution in [2.24, 2.45) is 0 Å². The van der Waals surface area contributed by atoms with Crippen molar-refractivity contribution in [1.29, 1.82) is 0 Å². The van der Waals surface area contributed by atoms with E-state index in [0.29, 0.717) is 0 Å². The maximum absolute atomic E-state index is 2.22. The SMILES string of the molecule is C[B]c1cc(C)sc1C. The summed E-state index contributed by atoms with van der Waals surface area (Å²) in [5.41, 5.74) is 1.39. The Morgan fingerprint density at radius 2 is 2.11 bits per heavy atom. The zero-order valence-electron chi connectivity index (χ0n) is 6.06. The average molecular weight is 137 g/mol. The van der Waals surface area contributed by atoms with Crippen molar-refractivity contribution in [2.45, 2.75) is 20.7 Å². The van der Waals surface area contributed by atoms with Gasteiger partial charge in [-0.25, -0.2) is 0 Å². The van der Waals surface area contributed by atoms with Crippen LogP contribution in [0, 0.1) is 13.8 Å². The van der Waals surface area contributed by atoms with Crippen molar-refractivity contribution in [1.82, 2.24) is 0 Å². The maximum atomic E-state index is 2.22. The Kier molecular flexibility index (Phi) is 1.96. The van der Waals surface area contributed by atoms with Crippen LogP contribution in [0.15, 0.2) is 6.07 Å². The Morgan fingerprint density at radius 3 is 2.33 bits per heavy atom. The molecule has 2 heteroatoms. The van der Waals surface area contributed by atoms with Gasteiger partial charge in [-0.05, 0) is 18.7 Å². The van der Waals surface area contributed by atoms with E-state index < -0.39 is 0 Å². The highest BCUT2D eigenvalue weighted by Crippen LogP contribution is 2.10. The summed E-state index contributed by atoms with van der Waals surface area (Å²) in [6.45, 7) is 6.38. The van der Waals surface area contributed by atoms with E-state index in [-0.39, 0.29) is 0 Å². The number of thiophene rings is 1. The molecule has 1 aromatic heterocycles. The lowest BCUT2D eigenvalue weighted by atomic mass is 9.73. The monoisotopic (exact) mass is 137 g/mol. The summed E-state index contributed by atoms with van der Waals surface area (Å²) in [6, 6.07) is 2.22. The first kappa shape index (κ1) is 6.88. The summed E-state index contributed by atoms with van der Waals surface area (Å²) in [5, 5.41) is 0. The van der Waals surface area contributed by atoms with Crippen molar-refractivity contribution in [3.8, 4) is 0 Å². The third-order valence-corrected chi connectivity index (χ3v) is 2.37. The largest absolute Gasteiger partial charge is 0.149 e. The highest BCUT2D eigenvalue weighted by molar-refractivity contribution is 7.13. The minimum absolute atomic E-state index is 1.39.